The minimum atomic E-state index is -0.758. The molecule has 0 rings (SSSR count). The van der Waals surface area contributed by atoms with E-state index in [1.54, 1.807) is 0 Å². The van der Waals surface area contributed by atoms with Crippen molar-refractivity contribution in [3.63, 3.8) is 0 Å². The fraction of sp³-hybridized carbons (Fsp3) is 0.167. The Morgan fingerprint density at radius 2 is 2.45 bits per heavy atom. The molecule has 0 aliphatic heterocycles. The van der Waals surface area contributed by atoms with Crippen molar-refractivity contribution < 1.29 is 9.53 Å². The van der Waals surface area contributed by atoms with Gasteiger partial charge >= 0.3 is 5.97 Å². The predicted octanol–water partition coefficient (Wildman–Crippen LogP) is -0.102. The van der Waals surface area contributed by atoms with Gasteiger partial charge in [0.2, 0.25) is 5.84 Å². The highest BCUT2D eigenvalue weighted by molar-refractivity contribution is 6.33. The van der Waals surface area contributed by atoms with E-state index >= 15 is 0 Å². The van der Waals surface area contributed by atoms with Crippen LogP contribution in [0.25, 0.3) is 0 Å². The summed E-state index contributed by atoms with van der Waals surface area (Å²) in [6, 6.07) is 0. The predicted molar refractivity (Wildman–Crippen MR) is 41.6 cm³/mol. The number of nitrogens with one attached hydrogen (secondary N) is 2. The molecule has 0 saturated carbocycles. The molecule has 0 atom stereocenters. The van der Waals surface area contributed by atoms with Gasteiger partial charge in [-0.15, -0.1) is 0 Å². The number of hydrogen-bond acceptors (Lipinski definition) is 4. The van der Waals surface area contributed by atoms with E-state index in [-0.39, 0.29) is 0 Å². The highest BCUT2D eigenvalue weighted by Gasteiger charge is 2.05. The lowest BCUT2D eigenvalue weighted by molar-refractivity contribution is -0.133. The van der Waals surface area contributed by atoms with Crippen molar-refractivity contribution in [2.24, 2.45) is 5.10 Å². The van der Waals surface area contributed by atoms with Gasteiger partial charge < -0.3 is 4.74 Å². The Kier molecular flexibility index (Phi) is 4.39. The lowest BCUT2D eigenvalue weighted by Gasteiger charge is -1.97. The third-order valence-electron chi connectivity index (χ3n) is 0.746. The molecule has 0 spiro atoms. The Morgan fingerprint density at radius 1 is 1.82 bits per heavy atom. The lowest BCUT2D eigenvalue weighted by atomic mass is 10.6. The number of esters is 1. The number of carbonyl (C=O) groups is 1. The van der Waals surface area contributed by atoms with E-state index in [1.165, 1.54) is 19.4 Å². The van der Waals surface area contributed by atoms with E-state index < -0.39 is 11.8 Å². The third-order valence-corrected chi connectivity index (χ3v) is 0.746. The molecule has 0 aromatic rings. The zero-order valence-electron chi connectivity index (χ0n) is 6.13. The fourth-order valence-corrected chi connectivity index (χ4v) is 0.302. The zero-order chi connectivity index (χ0) is 8.69. The third kappa shape index (κ3) is 3.85. The van der Waals surface area contributed by atoms with Crippen LogP contribution in [0.4, 0.5) is 0 Å². The Morgan fingerprint density at radius 3 is 2.91 bits per heavy atom. The summed E-state index contributed by atoms with van der Waals surface area (Å²) in [5.41, 5.74) is 2.14. The number of rotatable bonds is 2. The molecule has 60 valence electrons. The summed E-state index contributed by atoms with van der Waals surface area (Å²) in [6.45, 7) is 3.35. The molecular weight excluding hydrogens is 146 g/mol. The second-order valence-electron chi connectivity index (χ2n) is 1.49. The first-order valence-corrected chi connectivity index (χ1v) is 2.79. The second-order valence-corrected chi connectivity index (χ2v) is 1.49. The van der Waals surface area contributed by atoms with E-state index in [0.29, 0.717) is 0 Å². The number of ether oxygens (including phenoxy) is 1. The van der Waals surface area contributed by atoms with Crippen LogP contribution in [0.1, 0.15) is 0 Å². The normalized spacial score (nSPS) is 9.18. The van der Waals surface area contributed by atoms with E-state index in [0.717, 1.165) is 0 Å². The summed E-state index contributed by atoms with van der Waals surface area (Å²) >= 11 is 0. The van der Waals surface area contributed by atoms with Gasteiger partial charge in [-0.25, -0.2) is 4.79 Å². The maximum absolute atomic E-state index is 10.5. The summed E-state index contributed by atoms with van der Waals surface area (Å²) in [5.74, 6) is -1.17. The molecule has 0 aromatic heterocycles. The van der Waals surface area contributed by atoms with Crippen LogP contribution in [0.15, 0.2) is 17.8 Å². The number of nitrogens with zero attached hydrogens (tertiary/aromatic N) is 1. The summed E-state index contributed by atoms with van der Waals surface area (Å²) < 4.78 is 4.22. The minimum absolute atomic E-state index is 0.411. The molecule has 0 aromatic carbocycles. The highest BCUT2D eigenvalue weighted by Crippen LogP contribution is 1.73. The van der Waals surface area contributed by atoms with Gasteiger partial charge in [-0.3, -0.25) is 10.8 Å². The van der Waals surface area contributed by atoms with Gasteiger partial charge in [-0.05, 0) is 6.08 Å². The average Bonchev–Trinajstić information content (AvgIpc) is 2.03. The van der Waals surface area contributed by atoms with Crippen molar-refractivity contribution >= 4 is 18.0 Å². The molecule has 0 bridgehead atoms. The average molecular weight is 155 g/mol. The fourth-order valence-electron chi connectivity index (χ4n) is 0.302. The Balaban J connectivity index is 3.78. The van der Waals surface area contributed by atoms with Gasteiger partial charge in [0.25, 0.3) is 0 Å². The van der Waals surface area contributed by atoms with Crippen LogP contribution in [0.5, 0.6) is 0 Å². The number of carbonyl (C=O) groups excluding carboxylic acids is 1. The number of methoxy groups -OCH3 is 1. The van der Waals surface area contributed by atoms with E-state index in [9.17, 15) is 4.79 Å². The van der Waals surface area contributed by atoms with Crippen molar-refractivity contribution in [3.8, 4) is 0 Å². The quantitative estimate of drug-likeness (QED) is 0.253. The van der Waals surface area contributed by atoms with Crippen LogP contribution in [-0.2, 0) is 9.53 Å². The topological polar surface area (TPSA) is 74.5 Å². The number of hydrogen-bond donors (Lipinski definition) is 2. The smallest absolute Gasteiger partial charge is 0.374 e. The second kappa shape index (κ2) is 5.16. The molecule has 0 unspecified atom stereocenters. The van der Waals surface area contributed by atoms with Crippen LogP contribution < -0.4 is 5.43 Å². The molecule has 5 heteroatoms. The zero-order valence-corrected chi connectivity index (χ0v) is 6.13. The molecule has 0 aliphatic carbocycles. The van der Waals surface area contributed by atoms with Gasteiger partial charge in [0.15, 0.2) is 0 Å². The van der Waals surface area contributed by atoms with Crippen LogP contribution >= 0.6 is 0 Å². The Hall–Kier alpha value is -1.65. The lowest BCUT2D eigenvalue weighted by Crippen LogP contribution is -2.27. The first-order valence-electron chi connectivity index (χ1n) is 2.79. The van der Waals surface area contributed by atoms with E-state index in [4.69, 9.17) is 5.41 Å². The molecule has 5 nitrogen and oxygen atoms in total. The van der Waals surface area contributed by atoms with Gasteiger partial charge in [0.1, 0.15) is 0 Å². The van der Waals surface area contributed by atoms with Gasteiger partial charge in [-0.1, -0.05) is 6.58 Å². The number of amidine groups is 1. The van der Waals surface area contributed by atoms with Crippen molar-refractivity contribution in [1.29, 1.82) is 5.41 Å². The molecule has 0 amide bonds. The summed E-state index contributed by atoms with van der Waals surface area (Å²) in [5, 5.41) is 10.4. The SMILES string of the molecule is C=C/C=N\NC(=N)C(=O)OC. The first-order chi connectivity index (χ1) is 5.22. The van der Waals surface area contributed by atoms with Crippen molar-refractivity contribution in [2.45, 2.75) is 0 Å². The summed E-state index contributed by atoms with van der Waals surface area (Å²) in [6.07, 6.45) is 2.73. The Labute approximate surface area is 64.3 Å². The standard InChI is InChI=1S/C6H9N3O2/c1-3-4-8-9-5(7)6(10)11-2/h3-4H,1H2,2H3,(H2,7,9)/b8-4-. The van der Waals surface area contributed by atoms with E-state index in [2.05, 4.69) is 21.8 Å². The maximum atomic E-state index is 10.5. The first kappa shape index (κ1) is 9.35. The van der Waals surface area contributed by atoms with Crippen molar-refractivity contribution in [1.82, 2.24) is 5.43 Å². The summed E-state index contributed by atoms with van der Waals surface area (Å²) in [7, 11) is 1.19. The number of allylic oxidation sites excluding steroid dienone is 1. The molecule has 2 N–H and O–H groups in total. The molecule has 0 saturated heterocycles. The maximum Gasteiger partial charge on any atom is 0.374 e. The van der Waals surface area contributed by atoms with Crippen LogP contribution in [0, 0.1) is 5.41 Å². The molecule has 0 aliphatic rings. The van der Waals surface area contributed by atoms with Gasteiger partial charge in [-0.2, -0.15) is 5.10 Å². The number of hydrazone groups is 1. The minimum Gasteiger partial charge on any atom is -0.463 e. The highest BCUT2D eigenvalue weighted by atomic mass is 16.5. The molecule has 0 fully saturated rings. The summed E-state index contributed by atoms with van der Waals surface area (Å²) in [4.78, 5) is 10.5. The largest absolute Gasteiger partial charge is 0.463 e. The van der Waals surface area contributed by atoms with Gasteiger partial charge in [0.05, 0.1) is 7.11 Å². The Bertz CT molecular complexity index is 198. The van der Waals surface area contributed by atoms with Crippen LogP contribution in [0.3, 0.4) is 0 Å². The van der Waals surface area contributed by atoms with E-state index in [1.807, 2.05) is 0 Å². The molecule has 0 radical (unpaired) electrons. The van der Waals surface area contributed by atoms with Crippen LogP contribution in [-0.4, -0.2) is 25.1 Å². The van der Waals surface area contributed by atoms with Crippen molar-refractivity contribution in [3.05, 3.63) is 12.7 Å². The van der Waals surface area contributed by atoms with Crippen molar-refractivity contribution in [2.75, 3.05) is 7.11 Å². The molecular formula is C6H9N3O2. The molecule has 11 heavy (non-hydrogen) atoms. The molecule has 0 heterocycles. The van der Waals surface area contributed by atoms with Crippen LogP contribution in [0.2, 0.25) is 0 Å². The monoisotopic (exact) mass is 155 g/mol. The van der Waals surface area contributed by atoms with Gasteiger partial charge in [0, 0.05) is 6.21 Å².